The summed E-state index contributed by atoms with van der Waals surface area (Å²) in [6.45, 7) is 0. The lowest BCUT2D eigenvalue weighted by Crippen LogP contribution is -2.46. The van der Waals surface area contributed by atoms with Crippen LogP contribution in [0, 0.1) is 23.1 Å². The van der Waals surface area contributed by atoms with E-state index in [9.17, 15) is 14.4 Å². The minimum absolute atomic E-state index is 0.0200. The van der Waals surface area contributed by atoms with E-state index < -0.39 is 0 Å². The van der Waals surface area contributed by atoms with Gasteiger partial charge in [-0.05, 0) is 49.3 Å². The number of likely N-dealkylation sites (tertiary alicyclic amines) is 1. The second kappa shape index (κ2) is 6.05. The smallest absolute Gasteiger partial charge is 0.225 e. The van der Waals surface area contributed by atoms with Gasteiger partial charge >= 0.3 is 0 Å². The molecule has 5 heteroatoms. The molecule has 22 heavy (non-hydrogen) atoms. The van der Waals surface area contributed by atoms with Gasteiger partial charge in [0, 0.05) is 18.5 Å². The maximum absolute atomic E-state index is 12.9. The Morgan fingerprint density at radius 1 is 1.41 bits per heavy atom. The molecule has 2 aliphatic rings. The van der Waals surface area contributed by atoms with Gasteiger partial charge in [0.25, 0.3) is 0 Å². The molecule has 2 N–H and O–H groups in total. The molecule has 2 unspecified atom stereocenters. The Morgan fingerprint density at radius 2 is 2.14 bits per heavy atom. The molecule has 1 aliphatic carbocycles. The summed E-state index contributed by atoms with van der Waals surface area (Å²) in [4.78, 5) is 14.3. The molecule has 2 bridgehead atoms. The fourth-order valence-corrected chi connectivity index (χ4v) is 3.84. The highest BCUT2D eigenvalue weighted by Crippen LogP contribution is 2.42. The predicted molar refractivity (Wildman–Crippen MR) is 80.1 cm³/mol. The van der Waals surface area contributed by atoms with Gasteiger partial charge in [-0.25, -0.2) is 4.39 Å². The van der Waals surface area contributed by atoms with Gasteiger partial charge in [-0.2, -0.15) is 5.26 Å². The molecule has 4 nitrogen and oxygen atoms in total. The van der Waals surface area contributed by atoms with Gasteiger partial charge in [-0.1, -0.05) is 12.1 Å². The van der Waals surface area contributed by atoms with Gasteiger partial charge in [0.1, 0.15) is 11.9 Å². The van der Waals surface area contributed by atoms with Crippen LogP contribution < -0.4 is 5.73 Å². The molecule has 0 radical (unpaired) electrons. The van der Waals surface area contributed by atoms with Crippen molar-refractivity contribution in [1.29, 1.82) is 5.26 Å². The third-order valence-corrected chi connectivity index (χ3v) is 4.85. The molecule has 4 atom stereocenters. The summed E-state index contributed by atoms with van der Waals surface area (Å²) in [5.41, 5.74) is 6.99. The normalized spacial score (nSPS) is 27.7. The standard InChI is InChI=1S/C17H20FN3O/c18-13-4-1-11(2-5-13)7-14(20)9-17(22)21-15-6-3-12(8-15)16(21)10-19/h1-2,4-5,12,14-16H,3,6-9,20H2/t12?,14-,15?,16-/m1/s1. The number of nitrogens with two attached hydrogens (primary N) is 1. The number of benzene rings is 1. The van der Waals surface area contributed by atoms with Gasteiger partial charge in [-0.3, -0.25) is 4.79 Å². The van der Waals surface area contributed by atoms with Gasteiger partial charge in [0.2, 0.25) is 5.91 Å². The highest BCUT2D eigenvalue weighted by Gasteiger charge is 2.48. The summed E-state index contributed by atoms with van der Waals surface area (Å²) >= 11 is 0. The highest BCUT2D eigenvalue weighted by molar-refractivity contribution is 5.78. The maximum atomic E-state index is 12.9. The van der Waals surface area contributed by atoms with Crippen molar-refractivity contribution in [1.82, 2.24) is 4.90 Å². The summed E-state index contributed by atoms with van der Waals surface area (Å²) in [7, 11) is 0. The molecular weight excluding hydrogens is 281 g/mol. The van der Waals surface area contributed by atoms with Crippen LogP contribution in [0.25, 0.3) is 0 Å². The van der Waals surface area contributed by atoms with E-state index >= 15 is 0 Å². The molecule has 1 saturated carbocycles. The maximum Gasteiger partial charge on any atom is 0.225 e. The number of nitriles is 1. The number of fused-ring (bicyclic) bond motifs is 2. The average Bonchev–Trinajstić information content (AvgIpc) is 3.09. The van der Waals surface area contributed by atoms with Crippen LogP contribution in [0.5, 0.6) is 0 Å². The number of hydrogen-bond acceptors (Lipinski definition) is 3. The van der Waals surface area contributed by atoms with Crippen LogP contribution >= 0.6 is 0 Å². The largest absolute Gasteiger partial charge is 0.327 e. The van der Waals surface area contributed by atoms with Crippen molar-refractivity contribution in [2.24, 2.45) is 11.7 Å². The lowest BCUT2D eigenvalue weighted by atomic mass is 9.98. The van der Waals surface area contributed by atoms with Crippen LogP contribution in [-0.4, -0.2) is 28.9 Å². The zero-order chi connectivity index (χ0) is 15.7. The van der Waals surface area contributed by atoms with Crippen molar-refractivity contribution in [3.05, 3.63) is 35.6 Å². The van der Waals surface area contributed by atoms with Crippen LogP contribution in [0.2, 0.25) is 0 Å². The Hall–Kier alpha value is -1.93. The monoisotopic (exact) mass is 301 g/mol. The molecule has 0 aromatic heterocycles. The van der Waals surface area contributed by atoms with Crippen LogP contribution in [0.4, 0.5) is 4.39 Å². The Balaban J connectivity index is 1.59. The molecule has 2 fully saturated rings. The Morgan fingerprint density at radius 3 is 2.82 bits per heavy atom. The first-order valence-electron chi connectivity index (χ1n) is 7.79. The number of carbonyl (C=O) groups excluding carboxylic acids is 1. The quantitative estimate of drug-likeness (QED) is 0.924. The van der Waals surface area contributed by atoms with Crippen molar-refractivity contribution in [2.75, 3.05) is 0 Å². The van der Waals surface area contributed by atoms with E-state index in [0.29, 0.717) is 12.3 Å². The van der Waals surface area contributed by atoms with E-state index in [1.807, 2.05) is 0 Å². The van der Waals surface area contributed by atoms with Crippen molar-refractivity contribution in [2.45, 2.75) is 50.2 Å². The van der Waals surface area contributed by atoms with E-state index in [1.165, 1.54) is 12.1 Å². The van der Waals surface area contributed by atoms with E-state index in [2.05, 4.69) is 6.07 Å². The van der Waals surface area contributed by atoms with Gasteiger partial charge < -0.3 is 10.6 Å². The van der Waals surface area contributed by atoms with Crippen molar-refractivity contribution < 1.29 is 9.18 Å². The highest BCUT2D eigenvalue weighted by atomic mass is 19.1. The third kappa shape index (κ3) is 2.84. The fourth-order valence-electron chi connectivity index (χ4n) is 3.84. The fraction of sp³-hybridized carbons (Fsp3) is 0.529. The minimum Gasteiger partial charge on any atom is -0.327 e. The topological polar surface area (TPSA) is 70.1 Å². The van der Waals surface area contributed by atoms with Crippen LogP contribution in [-0.2, 0) is 11.2 Å². The number of carbonyl (C=O) groups is 1. The number of nitrogens with zero attached hydrogens (tertiary/aromatic N) is 2. The van der Waals surface area contributed by atoms with Crippen molar-refractivity contribution in [3.63, 3.8) is 0 Å². The number of halogens is 1. The third-order valence-electron chi connectivity index (χ3n) is 4.85. The van der Waals surface area contributed by atoms with Crippen LogP contribution in [0.1, 0.15) is 31.2 Å². The number of amides is 1. The average molecular weight is 301 g/mol. The summed E-state index contributed by atoms with van der Waals surface area (Å²) in [6.07, 6.45) is 3.78. The zero-order valence-corrected chi connectivity index (χ0v) is 12.4. The summed E-state index contributed by atoms with van der Waals surface area (Å²) in [5, 5.41) is 9.29. The Bertz CT molecular complexity index is 595. The molecule has 116 valence electrons. The lowest BCUT2D eigenvalue weighted by molar-refractivity contribution is -0.134. The molecular formula is C17H20FN3O. The molecule has 3 rings (SSSR count). The number of hydrogen-bond donors (Lipinski definition) is 1. The van der Waals surface area contributed by atoms with Gasteiger partial charge in [-0.15, -0.1) is 0 Å². The Labute approximate surface area is 129 Å². The molecule has 1 amide bonds. The zero-order valence-electron chi connectivity index (χ0n) is 12.4. The van der Waals surface area contributed by atoms with E-state index in [-0.39, 0.29) is 36.3 Å². The molecule has 1 aromatic rings. The van der Waals surface area contributed by atoms with Crippen LogP contribution in [0.15, 0.2) is 24.3 Å². The molecule has 1 heterocycles. The molecule has 1 aliphatic heterocycles. The molecule has 1 saturated heterocycles. The number of piperidine rings is 1. The first kappa shape index (κ1) is 15.0. The summed E-state index contributed by atoms with van der Waals surface area (Å²) in [6, 6.07) is 8.09. The van der Waals surface area contributed by atoms with E-state index in [0.717, 1.165) is 24.8 Å². The second-order valence-electron chi connectivity index (χ2n) is 6.40. The van der Waals surface area contributed by atoms with Gasteiger partial charge in [0.15, 0.2) is 0 Å². The number of rotatable bonds is 4. The lowest BCUT2D eigenvalue weighted by Gasteiger charge is -2.32. The van der Waals surface area contributed by atoms with Crippen molar-refractivity contribution in [3.8, 4) is 6.07 Å². The van der Waals surface area contributed by atoms with E-state index in [4.69, 9.17) is 5.73 Å². The molecule has 1 aromatic carbocycles. The minimum atomic E-state index is -0.309. The first-order chi connectivity index (χ1) is 10.6. The van der Waals surface area contributed by atoms with Gasteiger partial charge in [0.05, 0.1) is 6.07 Å². The predicted octanol–water partition coefficient (Wildman–Crippen LogP) is 1.99. The van der Waals surface area contributed by atoms with E-state index in [1.54, 1.807) is 17.0 Å². The summed E-state index contributed by atoms with van der Waals surface area (Å²) in [5.74, 6) is 0.0407. The SMILES string of the molecule is N#C[C@@H]1C2CCC(C2)N1C(=O)C[C@H](N)Cc1ccc(F)cc1. The summed E-state index contributed by atoms with van der Waals surface area (Å²) < 4.78 is 12.9. The van der Waals surface area contributed by atoms with Crippen molar-refractivity contribution >= 4 is 5.91 Å². The van der Waals surface area contributed by atoms with Crippen LogP contribution in [0.3, 0.4) is 0 Å². The first-order valence-corrected chi connectivity index (χ1v) is 7.79. The molecule has 0 spiro atoms. The Kier molecular flexibility index (Phi) is 4.12. The second-order valence-corrected chi connectivity index (χ2v) is 6.40.